The van der Waals surface area contributed by atoms with Gasteiger partial charge in [0.25, 0.3) is 0 Å². The van der Waals surface area contributed by atoms with Crippen LogP contribution < -0.4 is 0 Å². The maximum absolute atomic E-state index is 6.41. The van der Waals surface area contributed by atoms with Gasteiger partial charge in [0.15, 0.2) is 17.5 Å². The highest BCUT2D eigenvalue weighted by atomic mass is 32.1. The number of benzene rings is 7. The molecule has 0 atom stereocenters. The molecule has 0 fully saturated rings. The van der Waals surface area contributed by atoms with Gasteiger partial charge >= 0.3 is 0 Å². The molecule has 0 aliphatic rings. The van der Waals surface area contributed by atoms with E-state index in [1.807, 2.05) is 90.2 Å². The number of para-hydroxylation sites is 1. The van der Waals surface area contributed by atoms with Crippen LogP contribution in [-0.2, 0) is 0 Å². The van der Waals surface area contributed by atoms with Gasteiger partial charge in [0.05, 0.1) is 0 Å². The smallest absolute Gasteiger partial charge is 0.164 e. The van der Waals surface area contributed by atoms with Crippen molar-refractivity contribution in [2.45, 2.75) is 0 Å². The number of hydrogen-bond acceptors (Lipinski definition) is 5. The number of hydrogen-bond donors (Lipinski definition) is 0. The van der Waals surface area contributed by atoms with Crippen LogP contribution in [0.5, 0.6) is 0 Å². The highest BCUT2D eigenvalue weighted by molar-refractivity contribution is 7.25. The normalized spacial score (nSPS) is 11.6. The van der Waals surface area contributed by atoms with Crippen molar-refractivity contribution in [3.05, 3.63) is 164 Å². The standard InChI is InChI=1S/C45H27N3OS/c1-3-13-28(14-4-1)43-46-44(29-15-5-2-6-16-29)48-45(47-43)36-21-11-19-31(30-25-26-33-32-17-8-10-24-39(32)50-40(33)27-30)41(36)35-20-12-23-38-42(35)34-18-7-9-22-37(34)49-38/h1-27H. The second-order valence-corrected chi connectivity index (χ2v) is 13.4. The van der Waals surface area contributed by atoms with Crippen molar-refractivity contribution in [2.75, 3.05) is 0 Å². The van der Waals surface area contributed by atoms with E-state index in [-0.39, 0.29) is 0 Å². The van der Waals surface area contributed by atoms with Crippen LogP contribution in [0, 0.1) is 0 Å². The van der Waals surface area contributed by atoms with Crippen molar-refractivity contribution in [1.82, 2.24) is 15.0 Å². The molecule has 0 N–H and O–H groups in total. The summed E-state index contributed by atoms with van der Waals surface area (Å²) in [4.78, 5) is 15.4. The fourth-order valence-corrected chi connectivity index (χ4v) is 8.22. The quantitative estimate of drug-likeness (QED) is 0.185. The SMILES string of the molecule is c1ccc(-c2nc(-c3ccccc3)nc(-c3cccc(-c4ccc5c(c4)sc4ccccc45)c3-c3cccc4oc5ccccc5c34)n2)cc1. The van der Waals surface area contributed by atoms with Crippen molar-refractivity contribution in [1.29, 1.82) is 0 Å². The molecule has 0 aliphatic carbocycles. The molecule has 3 heterocycles. The van der Waals surface area contributed by atoms with Crippen LogP contribution in [0.1, 0.15) is 0 Å². The molecule has 10 rings (SSSR count). The van der Waals surface area contributed by atoms with Crippen LogP contribution in [-0.4, -0.2) is 15.0 Å². The molecule has 3 aromatic heterocycles. The summed E-state index contributed by atoms with van der Waals surface area (Å²) in [6.07, 6.45) is 0. The van der Waals surface area contributed by atoms with Crippen LogP contribution >= 0.6 is 11.3 Å². The van der Waals surface area contributed by atoms with E-state index >= 15 is 0 Å². The summed E-state index contributed by atoms with van der Waals surface area (Å²) in [7, 11) is 0. The van der Waals surface area contributed by atoms with E-state index in [4.69, 9.17) is 19.4 Å². The third-order valence-corrected chi connectivity index (χ3v) is 10.5. The minimum Gasteiger partial charge on any atom is -0.456 e. The van der Waals surface area contributed by atoms with E-state index in [2.05, 4.69) is 84.9 Å². The fourth-order valence-electron chi connectivity index (χ4n) is 7.07. The lowest BCUT2D eigenvalue weighted by atomic mass is 9.87. The molecule has 5 heteroatoms. The summed E-state index contributed by atoms with van der Waals surface area (Å²) < 4.78 is 8.95. The van der Waals surface area contributed by atoms with Crippen molar-refractivity contribution in [3.63, 3.8) is 0 Å². The van der Waals surface area contributed by atoms with E-state index in [0.29, 0.717) is 17.5 Å². The first-order chi connectivity index (χ1) is 24.8. The Labute approximate surface area is 292 Å². The lowest BCUT2D eigenvalue weighted by Gasteiger charge is -2.17. The molecule has 0 aliphatic heterocycles. The first kappa shape index (κ1) is 28.6. The average Bonchev–Trinajstić information content (AvgIpc) is 3.76. The van der Waals surface area contributed by atoms with Crippen LogP contribution in [0.3, 0.4) is 0 Å². The highest BCUT2D eigenvalue weighted by Gasteiger charge is 2.22. The molecule has 0 radical (unpaired) electrons. The van der Waals surface area contributed by atoms with Gasteiger partial charge in [0, 0.05) is 53.2 Å². The van der Waals surface area contributed by atoms with Crippen molar-refractivity contribution in [2.24, 2.45) is 0 Å². The number of furan rings is 1. The average molecular weight is 658 g/mol. The van der Waals surface area contributed by atoms with E-state index in [0.717, 1.165) is 60.9 Å². The monoisotopic (exact) mass is 657 g/mol. The zero-order chi connectivity index (χ0) is 33.0. The first-order valence-corrected chi connectivity index (χ1v) is 17.4. The summed E-state index contributed by atoms with van der Waals surface area (Å²) in [5.74, 6) is 1.87. The molecule has 7 aromatic carbocycles. The molecule has 0 spiro atoms. The number of aromatic nitrogens is 3. The van der Waals surface area contributed by atoms with E-state index in [1.165, 1.54) is 20.2 Å². The number of rotatable bonds is 5. The predicted octanol–water partition coefficient (Wildman–Crippen LogP) is 12.5. The van der Waals surface area contributed by atoms with E-state index in [9.17, 15) is 0 Å². The molecule has 0 amide bonds. The Balaban J connectivity index is 1.29. The second kappa shape index (κ2) is 11.6. The van der Waals surface area contributed by atoms with Gasteiger partial charge in [-0.05, 0) is 41.0 Å². The van der Waals surface area contributed by atoms with Crippen LogP contribution in [0.4, 0.5) is 0 Å². The maximum atomic E-state index is 6.41. The summed E-state index contributed by atoms with van der Waals surface area (Å²) >= 11 is 1.83. The molecule has 0 saturated heterocycles. The molecular weight excluding hydrogens is 631 g/mol. The Hall–Kier alpha value is -6.43. The number of nitrogens with zero attached hydrogens (tertiary/aromatic N) is 3. The lowest BCUT2D eigenvalue weighted by molar-refractivity contribution is 0.669. The minimum absolute atomic E-state index is 0.613. The second-order valence-electron chi connectivity index (χ2n) is 12.4. The minimum atomic E-state index is 0.613. The van der Waals surface area contributed by atoms with Crippen molar-refractivity contribution >= 4 is 53.4 Å². The van der Waals surface area contributed by atoms with Gasteiger partial charge < -0.3 is 4.42 Å². The Morgan fingerprint density at radius 2 is 0.960 bits per heavy atom. The zero-order valence-electron chi connectivity index (χ0n) is 26.7. The Kier molecular flexibility index (Phi) is 6.64. The largest absolute Gasteiger partial charge is 0.456 e. The highest BCUT2D eigenvalue weighted by Crippen LogP contribution is 2.46. The topological polar surface area (TPSA) is 51.8 Å². The summed E-state index contributed by atoms with van der Waals surface area (Å²) in [6.45, 7) is 0. The van der Waals surface area contributed by atoms with Gasteiger partial charge in [-0.1, -0.05) is 140 Å². The Morgan fingerprint density at radius 3 is 1.74 bits per heavy atom. The van der Waals surface area contributed by atoms with Crippen molar-refractivity contribution < 1.29 is 4.42 Å². The molecule has 234 valence electrons. The molecular formula is C45H27N3OS. The van der Waals surface area contributed by atoms with Gasteiger partial charge in [-0.2, -0.15) is 0 Å². The van der Waals surface area contributed by atoms with Crippen molar-refractivity contribution in [3.8, 4) is 56.4 Å². The molecule has 4 nitrogen and oxygen atoms in total. The van der Waals surface area contributed by atoms with E-state index in [1.54, 1.807) is 0 Å². The Bertz CT molecular complexity index is 2820. The van der Waals surface area contributed by atoms with Gasteiger partial charge in [-0.15, -0.1) is 11.3 Å². The molecule has 50 heavy (non-hydrogen) atoms. The fraction of sp³-hybridized carbons (Fsp3) is 0. The molecule has 10 aromatic rings. The summed E-state index contributed by atoms with van der Waals surface area (Å²) in [6, 6.07) is 56.8. The third kappa shape index (κ3) is 4.71. The van der Waals surface area contributed by atoms with Gasteiger partial charge in [0.1, 0.15) is 11.2 Å². The van der Waals surface area contributed by atoms with Gasteiger partial charge in [-0.25, -0.2) is 15.0 Å². The third-order valence-electron chi connectivity index (χ3n) is 9.37. The molecule has 0 unspecified atom stereocenters. The summed E-state index contributed by atoms with van der Waals surface area (Å²) in [5.41, 5.74) is 8.84. The maximum Gasteiger partial charge on any atom is 0.164 e. The van der Waals surface area contributed by atoms with Crippen LogP contribution in [0.15, 0.2) is 168 Å². The van der Waals surface area contributed by atoms with Gasteiger partial charge in [-0.3, -0.25) is 0 Å². The molecule has 0 bridgehead atoms. The predicted molar refractivity (Wildman–Crippen MR) is 207 cm³/mol. The van der Waals surface area contributed by atoms with Gasteiger partial charge in [0.2, 0.25) is 0 Å². The first-order valence-electron chi connectivity index (χ1n) is 16.6. The lowest BCUT2D eigenvalue weighted by Crippen LogP contribution is -2.01. The van der Waals surface area contributed by atoms with Crippen LogP contribution in [0.2, 0.25) is 0 Å². The van der Waals surface area contributed by atoms with Crippen LogP contribution in [0.25, 0.3) is 98.5 Å². The summed E-state index contributed by atoms with van der Waals surface area (Å²) in [5, 5.41) is 4.70. The number of fused-ring (bicyclic) bond motifs is 6. The van der Waals surface area contributed by atoms with E-state index < -0.39 is 0 Å². The molecule has 0 saturated carbocycles. The zero-order valence-corrected chi connectivity index (χ0v) is 27.6. The number of thiophene rings is 1. The Morgan fingerprint density at radius 1 is 0.380 bits per heavy atom.